The first-order valence-corrected chi connectivity index (χ1v) is 12.8. The number of carbonyl (C=O) groups is 3. The number of hydrogen-bond acceptors (Lipinski definition) is 7. The lowest BCUT2D eigenvalue weighted by molar-refractivity contribution is -0.123. The van der Waals surface area contributed by atoms with E-state index in [9.17, 15) is 14.4 Å². The van der Waals surface area contributed by atoms with Gasteiger partial charge in [0.2, 0.25) is 5.91 Å². The first-order valence-electron chi connectivity index (χ1n) is 12.0. The van der Waals surface area contributed by atoms with Crippen LogP contribution < -0.4 is 21.7 Å². The predicted molar refractivity (Wildman–Crippen MR) is 150 cm³/mol. The molecule has 0 aliphatic heterocycles. The number of amides is 3. The Morgan fingerprint density at radius 2 is 1.71 bits per heavy atom. The number of hydrogen-bond donors (Lipinski definition) is 3. The average molecular weight is 531 g/mol. The number of nitrogens with zero attached hydrogens (tertiary/aromatic N) is 3. The van der Waals surface area contributed by atoms with Gasteiger partial charge < -0.3 is 16.8 Å². The van der Waals surface area contributed by atoms with Crippen LogP contribution in [0.25, 0.3) is 10.9 Å². The van der Waals surface area contributed by atoms with Gasteiger partial charge in [-0.05, 0) is 93.2 Å². The summed E-state index contributed by atoms with van der Waals surface area (Å²) in [5.41, 5.74) is 14.4. The second-order valence-corrected chi connectivity index (χ2v) is 11.0. The molecule has 0 saturated carbocycles. The molecule has 196 valence electrons. The molecule has 4 aromatic rings. The van der Waals surface area contributed by atoms with Crippen molar-refractivity contribution in [3.63, 3.8) is 0 Å². The monoisotopic (exact) mass is 530 g/mol. The van der Waals surface area contributed by atoms with Crippen molar-refractivity contribution in [3.05, 3.63) is 82.0 Å². The van der Waals surface area contributed by atoms with E-state index >= 15 is 0 Å². The molecule has 38 heavy (non-hydrogen) atoms. The van der Waals surface area contributed by atoms with Crippen molar-refractivity contribution in [2.75, 3.05) is 10.6 Å². The topological polar surface area (TPSA) is 144 Å². The third-order valence-corrected chi connectivity index (χ3v) is 6.66. The quantitative estimate of drug-likeness (QED) is 0.339. The third kappa shape index (κ3) is 5.50. The Labute approximate surface area is 225 Å². The number of aryl methyl sites for hydroxylation is 2. The Balaban J connectivity index is 1.98. The van der Waals surface area contributed by atoms with Crippen LogP contribution in [0.2, 0.25) is 0 Å². The van der Waals surface area contributed by atoms with Gasteiger partial charge in [-0.1, -0.05) is 18.2 Å². The number of aromatic nitrogens is 2. The van der Waals surface area contributed by atoms with Gasteiger partial charge in [0.05, 0.1) is 11.2 Å². The van der Waals surface area contributed by atoms with Crippen LogP contribution in [-0.4, -0.2) is 32.6 Å². The lowest BCUT2D eigenvalue weighted by Gasteiger charge is -2.34. The van der Waals surface area contributed by atoms with Gasteiger partial charge in [0.15, 0.2) is 5.69 Å². The molecule has 2 heterocycles. The van der Waals surface area contributed by atoms with Crippen LogP contribution >= 0.6 is 11.5 Å². The number of benzene rings is 2. The van der Waals surface area contributed by atoms with Crippen molar-refractivity contribution < 1.29 is 14.4 Å². The number of anilines is 2. The highest BCUT2D eigenvalue weighted by Crippen LogP contribution is 2.35. The zero-order valence-corrected chi connectivity index (χ0v) is 22.7. The van der Waals surface area contributed by atoms with E-state index < -0.39 is 23.4 Å². The van der Waals surface area contributed by atoms with Gasteiger partial charge in [0, 0.05) is 22.8 Å². The van der Waals surface area contributed by atoms with Crippen LogP contribution in [0.15, 0.2) is 54.7 Å². The Bertz CT molecular complexity index is 1540. The standard InChI is InChI=1S/C28H30N6O3S/c1-15-11-16(2)13-19(12-15)34(27(37)24-21(29)22(25(30)35)33-38-24)23(26(36)32-28(3,4)5)18-8-9-20-17(14-18)7-6-10-31-20/h6-14,23H,29H2,1-5H3,(H2,30,35)(H,32,36)/t23-/m1/s1. The summed E-state index contributed by atoms with van der Waals surface area (Å²) in [6, 6.07) is 13.7. The van der Waals surface area contributed by atoms with Crippen LogP contribution in [0.1, 0.15) is 63.7 Å². The molecule has 0 radical (unpaired) electrons. The van der Waals surface area contributed by atoms with Crippen LogP contribution in [0.5, 0.6) is 0 Å². The van der Waals surface area contributed by atoms with Gasteiger partial charge in [-0.25, -0.2) is 0 Å². The lowest BCUT2D eigenvalue weighted by Crippen LogP contribution is -2.49. The molecule has 0 saturated heterocycles. The molecule has 5 N–H and O–H groups in total. The number of fused-ring (bicyclic) bond motifs is 1. The van der Waals surface area contributed by atoms with Crippen LogP contribution in [0.4, 0.5) is 11.4 Å². The highest BCUT2D eigenvalue weighted by molar-refractivity contribution is 7.09. The molecule has 10 heteroatoms. The normalized spacial score (nSPS) is 12.2. The number of nitrogens with one attached hydrogen (secondary N) is 1. The first-order chi connectivity index (χ1) is 17.9. The van der Waals surface area contributed by atoms with Gasteiger partial charge in [-0.15, -0.1) is 0 Å². The molecule has 0 aliphatic rings. The molecule has 2 aromatic heterocycles. The second-order valence-electron chi connectivity index (χ2n) is 10.3. The summed E-state index contributed by atoms with van der Waals surface area (Å²) in [6.45, 7) is 9.44. The number of nitrogens with two attached hydrogens (primary N) is 2. The number of carbonyl (C=O) groups excluding carboxylic acids is 3. The van der Waals surface area contributed by atoms with Gasteiger partial charge in [-0.3, -0.25) is 24.3 Å². The third-order valence-electron chi connectivity index (χ3n) is 5.81. The molecule has 3 amide bonds. The summed E-state index contributed by atoms with van der Waals surface area (Å²) in [5.74, 6) is -1.79. The Hall–Kier alpha value is -4.31. The summed E-state index contributed by atoms with van der Waals surface area (Å²) >= 11 is 0.775. The van der Waals surface area contributed by atoms with E-state index in [1.54, 1.807) is 12.3 Å². The van der Waals surface area contributed by atoms with Crippen molar-refractivity contribution in [1.82, 2.24) is 14.7 Å². The summed E-state index contributed by atoms with van der Waals surface area (Å²) in [4.78, 5) is 45.9. The van der Waals surface area contributed by atoms with E-state index in [4.69, 9.17) is 11.5 Å². The molecule has 1 atom stereocenters. The van der Waals surface area contributed by atoms with Crippen molar-refractivity contribution >= 4 is 51.5 Å². The lowest BCUT2D eigenvalue weighted by atomic mass is 9.98. The van der Waals surface area contributed by atoms with Gasteiger partial charge in [-0.2, -0.15) is 4.37 Å². The molecule has 4 rings (SSSR count). The Kier molecular flexibility index (Phi) is 7.19. The molecule has 0 unspecified atom stereocenters. The maximum Gasteiger partial charge on any atom is 0.273 e. The zero-order chi connectivity index (χ0) is 27.8. The minimum Gasteiger partial charge on any atom is -0.395 e. The highest BCUT2D eigenvalue weighted by Gasteiger charge is 2.37. The summed E-state index contributed by atoms with van der Waals surface area (Å²) in [7, 11) is 0. The summed E-state index contributed by atoms with van der Waals surface area (Å²) in [6.07, 6.45) is 1.69. The Morgan fingerprint density at radius 3 is 2.32 bits per heavy atom. The number of primary amides is 1. The highest BCUT2D eigenvalue weighted by atomic mass is 32.1. The molecular formula is C28H30N6O3S. The van der Waals surface area contributed by atoms with Gasteiger partial charge in [0.25, 0.3) is 11.8 Å². The van der Waals surface area contributed by atoms with Crippen LogP contribution in [0, 0.1) is 13.8 Å². The fourth-order valence-corrected chi connectivity index (χ4v) is 5.07. The summed E-state index contributed by atoms with van der Waals surface area (Å²) in [5, 5.41) is 3.84. The molecule has 0 fully saturated rings. The number of pyridine rings is 1. The SMILES string of the molecule is Cc1cc(C)cc(N(C(=O)c2snc(C(N)=O)c2N)[C@@H](C(=O)NC(C)(C)C)c2ccc3ncccc3c2)c1. The molecule has 2 aromatic carbocycles. The maximum atomic E-state index is 14.2. The van der Waals surface area contributed by atoms with E-state index in [1.165, 1.54) is 4.90 Å². The fourth-order valence-electron chi connectivity index (χ4n) is 4.33. The van der Waals surface area contributed by atoms with Crippen LogP contribution in [0.3, 0.4) is 0 Å². The van der Waals surface area contributed by atoms with Gasteiger partial charge >= 0.3 is 0 Å². The Morgan fingerprint density at radius 1 is 1.03 bits per heavy atom. The van der Waals surface area contributed by atoms with Crippen molar-refractivity contribution in [2.45, 2.75) is 46.2 Å². The largest absolute Gasteiger partial charge is 0.395 e. The second kappa shape index (κ2) is 10.2. The van der Waals surface area contributed by atoms with Crippen molar-refractivity contribution in [2.24, 2.45) is 5.73 Å². The number of rotatable bonds is 6. The van der Waals surface area contributed by atoms with E-state index in [0.29, 0.717) is 11.3 Å². The average Bonchev–Trinajstić information content (AvgIpc) is 3.21. The molecule has 0 spiro atoms. The van der Waals surface area contributed by atoms with Crippen LogP contribution in [-0.2, 0) is 4.79 Å². The molecule has 0 bridgehead atoms. The van der Waals surface area contributed by atoms with E-state index in [0.717, 1.165) is 33.6 Å². The molecule has 0 aliphatic carbocycles. The minimum absolute atomic E-state index is 0.0222. The van der Waals surface area contributed by atoms with Crippen molar-refractivity contribution in [3.8, 4) is 0 Å². The first kappa shape index (κ1) is 26.7. The molecular weight excluding hydrogens is 500 g/mol. The maximum absolute atomic E-state index is 14.2. The smallest absolute Gasteiger partial charge is 0.273 e. The zero-order valence-electron chi connectivity index (χ0n) is 21.9. The fraction of sp³-hybridized carbons (Fsp3) is 0.250. The van der Waals surface area contributed by atoms with Crippen molar-refractivity contribution in [1.29, 1.82) is 0 Å². The van der Waals surface area contributed by atoms with E-state index in [-0.39, 0.29) is 22.2 Å². The number of nitrogen functional groups attached to an aromatic ring is 1. The van der Waals surface area contributed by atoms with E-state index in [2.05, 4.69) is 14.7 Å². The van der Waals surface area contributed by atoms with E-state index in [1.807, 2.05) is 77.1 Å². The predicted octanol–water partition coefficient (Wildman–Crippen LogP) is 4.29. The van der Waals surface area contributed by atoms with Gasteiger partial charge in [0.1, 0.15) is 10.9 Å². The summed E-state index contributed by atoms with van der Waals surface area (Å²) < 4.78 is 4.01. The molecule has 9 nitrogen and oxygen atoms in total. The minimum atomic E-state index is -1.08.